The number of rotatable bonds is 6. The summed E-state index contributed by atoms with van der Waals surface area (Å²) in [4.78, 5) is 29.8. The summed E-state index contributed by atoms with van der Waals surface area (Å²) in [6.45, 7) is 5.60. The first-order valence-electron chi connectivity index (χ1n) is 7.30. The van der Waals surface area contributed by atoms with Crippen molar-refractivity contribution in [3.05, 3.63) is 39.1 Å². The molecule has 0 aliphatic rings. The highest BCUT2D eigenvalue weighted by Gasteiger charge is 2.17. The minimum absolute atomic E-state index is 0.0998. The van der Waals surface area contributed by atoms with Gasteiger partial charge in [0.15, 0.2) is 0 Å². The van der Waals surface area contributed by atoms with Gasteiger partial charge in [0, 0.05) is 23.0 Å². The van der Waals surface area contributed by atoms with E-state index in [-0.39, 0.29) is 12.0 Å². The smallest absolute Gasteiger partial charge is 0.307 e. The number of carboxylic acids is 1. The van der Waals surface area contributed by atoms with Crippen LogP contribution in [0, 0.1) is 13.8 Å². The molecule has 0 aliphatic carbocycles. The molecule has 2 N–H and O–H groups in total. The van der Waals surface area contributed by atoms with E-state index in [9.17, 15) is 9.59 Å². The molecule has 2 aromatic rings. The molecular formula is C15H20N4O3. The lowest BCUT2D eigenvalue weighted by Crippen LogP contribution is -2.16. The second-order valence-corrected chi connectivity index (χ2v) is 5.30. The maximum Gasteiger partial charge on any atom is 0.307 e. The third-order valence-corrected chi connectivity index (χ3v) is 3.54. The maximum absolute atomic E-state index is 11.8. The van der Waals surface area contributed by atoms with E-state index in [4.69, 9.17) is 5.11 Å². The van der Waals surface area contributed by atoms with Crippen LogP contribution in [0.25, 0.3) is 5.95 Å². The van der Waals surface area contributed by atoms with E-state index in [1.54, 1.807) is 13.8 Å². The SMILES string of the molecule is CCCCc1cc(=O)[nH]c(-n2nc(C)c(CC(=O)O)c2C)n1. The average Bonchev–Trinajstić information content (AvgIpc) is 2.72. The summed E-state index contributed by atoms with van der Waals surface area (Å²) in [5.74, 6) is -0.584. The summed E-state index contributed by atoms with van der Waals surface area (Å²) >= 11 is 0. The Labute approximate surface area is 128 Å². The summed E-state index contributed by atoms with van der Waals surface area (Å²) in [5.41, 5.74) is 2.43. The first kappa shape index (κ1) is 15.9. The van der Waals surface area contributed by atoms with Crippen LogP contribution in [-0.2, 0) is 17.6 Å². The number of nitrogens with zero attached hydrogens (tertiary/aromatic N) is 3. The predicted molar refractivity (Wildman–Crippen MR) is 81.4 cm³/mol. The Bertz CT molecular complexity index is 746. The van der Waals surface area contributed by atoms with Crippen molar-refractivity contribution in [2.24, 2.45) is 0 Å². The standard InChI is InChI=1S/C15H20N4O3/c1-4-5-6-11-7-13(20)17-15(16-11)19-10(3)12(8-14(21)22)9(2)18-19/h7H,4-6,8H2,1-3H3,(H,21,22)(H,16,17,20). The highest BCUT2D eigenvalue weighted by atomic mass is 16.4. The molecule has 2 heterocycles. The lowest BCUT2D eigenvalue weighted by Gasteiger charge is -2.06. The highest BCUT2D eigenvalue weighted by molar-refractivity contribution is 5.71. The number of carbonyl (C=O) groups is 1. The van der Waals surface area contributed by atoms with Gasteiger partial charge < -0.3 is 5.11 Å². The van der Waals surface area contributed by atoms with Crippen molar-refractivity contribution >= 4 is 5.97 Å². The largest absolute Gasteiger partial charge is 0.481 e. The first-order valence-corrected chi connectivity index (χ1v) is 7.30. The van der Waals surface area contributed by atoms with Gasteiger partial charge in [-0.1, -0.05) is 13.3 Å². The van der Waals surface area contributed by atoms with Gasteiger partial charge in [0.2, 0.25) is 5.95 Å². The van der Waals surface area contributed by atoms with Crippen LogP contribution in [0.5, 0.6) is 0 Å². The van der Waals surface area contributed by atoms with Gasteiger partial charge in [-0.05, 0) is 26.7 Å². The molecule has 0 saturated heterocycles. The van der Waals surface area contributed by atoms with Crippen molar-refractivity contribution in [1.29, 1.82) is 0 Å². The topological polar surface area (TPSA) is 101 Å². The van der Waals surface area contributed by atoms with Gasteiger partial charge in [0.25, 0.3) is 5.56 Å². The van der Waals surface area contributed by atoms with Crippen LogP contribution in [0.2, 0.25) is 0 Å². The molecule has 2 rings (SSSR count). The fourth-order valence-electron chi connectivity index (χ4n) is 2.37. The highest BCUT2D eigenvalue weighted by Crippen LogP contribution is 2.16. The van der Waals surface area contributed by atoms with Gasteiger partial charge in [-0.15, -0.1) is 0 Å². The number of hydrogen-bond acceptors (Lipinski definition) is 4. The van der Waals surface area contributed by atoms with Crippen LogP contribution in [0.15, 0.2) is 10.9 Å². The van der Waals surface area contributed by atoms with Crippen LogP contribution < -0.4 is 5.56 Å². The van der Waals surface area contributed by atoms with E-state index in [1.807, 2.05) is 0 Å². The van der Waals surface area contributed by atoms with E-state index in [2.05, 4.69) is 22.0 Å². The Balaban J connectivity index is 2.46. The van der Waals surface area contributed by atoms with Gasteiger partial charge in [-0.3, -0.25) is 14.6 Å². The van der Waals surface area contributed by atoms with Crippen LogP contribution in [0.1, 0.15) is 42.4 Å². The quantitative estimate of drug-likeness (QED) is 0.843. The van der Waals surface area contributed by atoms with E-state index in [0.717, 1.165) is 19.3 Å². The summed E-state index contributed by atoms with van der Waals surface area (Å²) < 4.78 is 1.50. The Morgan fingerprint density at radius 2 is 2.14 bits per heavy atom. The van der Waals surface area contributed by atoms with Gasteiger partial charge in [-0.2, -0.15) is 5.10 Å². The number of aromatic nitrogens is 4. The minimum atomic E-state index is -0.913. The Hall–Kier alpha value is -2.44. The third kappa shape index (κ3) is 3.41. The van der Waals surface area contributed by atoms with Gasteiger partial charge in [0.05, 0.1) is 12.1 Å². The molecular weight excluding hydrogens is 284 g/mol. The molecule has 0 spiro atoms. The summed E-state index contributed by atoms with van der Waals surface area (Å²) in [7, 11) is 0. The Morgan fingerprint density at radius 1 is 1.41 bits per heavy atom. The number of aliphatic carboxylic acids is 1. The van der Waals surface area contributed by atoms with Crippen molar-refractivity contribution in [3.8, 4) is 5.95 Å². The Kier molecular flexibility index (Phi) is 4.75. The molecule has 0 fully saturated rings. The van der Waals surface area contributed by atoms with Gasteiger partial charge in [-0.25, -0.2) is 9.67 Å². The molecule has 0 atom stereocenters. The molecule has 0 bridgehead atoms. The van der Waals surface area contributed by atoms with Crippen molar-refractivity contribution in [1.82, 2.24) is 19.7 Å². The number of aryl methyl sites for hydroxylation is 2. The molecule has 7 nitrogen and oxygen atoms in total. The van der Waals surface area contributed by atoms with E-state index >= 15 is 0 Å². The minimum Gasteiger partial charge on any atom is -0.481 e. The molecule has 2 aromatic heterocycles. The molecule has 0 saturated carbocycles. The maximum atomic E-state index is 11.8. The van der Waals surface area contributed by atoms with Crippen LogP contribution in [0.3, 0.4) is 0 Å². The molecule has 118 valence electrons. The second-order valence-electron chi connectivity index (χ2n) is 5.30. The molecule has 7 heteroatoms. The monoisotopic (exact) mass is 304 g/mol. The zero-order valence-corrected chi connectivity index (χ0v) is 13.0. The number of hydrogen-bond donors (Lipinski definition) is 2. The number of carboxylic acid groups (broad SMARTS) is 1. The number of unbranched alkanes of at least 4 members (excludes halogenated alkanes) is 1. The van der Waals surface area contributed by atoms with Crippen molar-refractivity contribution in [3.63, 3.8) is 0 Å². The normalized spacial score (nSPS) is 10.9. The summed E-state index contributed by atoms with van der Waals surface area (Å²) in [6.07, 6.45) is 2.61. The molecule has 0 amide bonds. The van der Waals surface area contributed by atoms with E-state index in [0.29, 0.717) is 28.6 Å². The first-order chi connectivity index (χ1) is 10.4. The van der Waals surface area contributed by atoms with E-state index < -0.39 is 5.97 Å². The summed E-state index contributed by atoms with van der Waals surface area (Å²) in [5, 5.41) is 13.3. The fraction of sp³-hybridized carbons (Fsp3) is 0.467. The predicted octanol–water partition coefficient (Wildman–Crippen LogP) is 1.54. The van der Waals surface area contributed by atoms with E-state index in [1.165, 1.54) is 10.7 Å². The van der Waals surface area contributed by atoms with Crippen LogP contribution >= 0.6 is 0 Å². The van der Waals surface area contributed by atoms with Gasteiger partial charge >= 0.3 is 5.97 Å². The molecule has 0 radical (unpaired) electrons. The third-order valence-electron chi connectivity index (χ3n) is 3.54. The average molecular weight is 304 g/mol. The van der Waals surface area contributed by atoms with Crippen molar-refractivity contribution < 1.29 is 9.90 Å². The molecule has 0 aromatic carbocycles. The Morgan fingerprint density at radius 3 is 2.77 bits per heavy atom. The van der Waals surface area contributed by atoms with Crippen LogP contribution in [-0.4, -0.2) is 30.8 Å². The zero-order chi connectivity index (χ0) is 16.3. The lowest BCUT2D eigenvalue weighted by molar-refractivity contribution is -0.136. The zero-order valence-electron chi connectivity index (χ0n) is 13.0. The van der Waals surface area contributed by atoms with Gasteiger partial charge in [0.1, 0.15) is 0 Å². The molecule has 0 aliphatic heterocycles. The lowest BCUT2D eigenvalue weighted by atomic mass is 10.1. The van der Waals surface area contributed by atoms with Crippen molar-refractivity contribution in [2.75, 3.05) is 0 Å². The number of H-pyrrole nitrogens is 1. The fourth-order valence-corrected chi connectivity index (χ4v) is 2.37. The van der Waals surface area contributed by atoms with Crippen LogP contribution in [0.4, 0.5) is 0 Å². The number of nitrogens with one attached hydrogen (secondary N) is 1. The van der Waals surface area contributed by atoms with Crippen molar-refractivity contribution in [2.45, 2.75) is 46.5 Å². The molecule has 0 unspecified atom stereocenters. The second kappa shape index (κ2) is 6.55. The number of aromatic amines is 1. The summed E-state index contributed by atoms with van der Waals surface area (Å²) in [6, 6.07) is 1.49. The molecule has 22 heavy (non-hydrogen) atoms.